The minimum atomic E-state index is -4.55. The van der Waals surface area contributed by atoms with Gasteiger partial charge >= 0.3 is 6.18 Å². The predicted molar refractivity (Wildman–Crippen MR) is 107 cm³/mol. The summed E-state index contributed by atoms with van der Waals surface area (Å²) >= 11 is 0.761. The summed E-state index contributed by atoms with van der Waals surface area (Å²) in [6, 6.07) is 13.4. The zero-order valence-corrected chi connectivity index (χ0v) is 16.6. The number of hydrogen-bond donors (Lipinski definition) is 1. The molecule has 0 saturated carbocycles. The molecule has 2 heterocycles. The van der Waals surface area contributed by atoms with Gasteiger partial charge in [0.1, 0.15) is 5.75 Å². The highest BCUT2D eigenvalue weighted by Crippen LogP contribution is 2.36. The number of nitrogens with zero attached hydrogens (tertiary/aromatic N) is 3. The third-order valence-corrected chi connectivity index (χ3v) is 4.87. The summed E-state index contributed by atoms with van der Waals surface area (Å²) < 4.78 is 53.9. The van der Waals surface area contributed by atoms with Crippen LogP contribution in [0.15, 0.2) is 59.1 Å². The van der Waals surface area contributed by atoms with Crippen molar-refractivity contribution in [3.63, 3.8) is 0 Å². The highest BCUT2D eigenvalue weighted by molar-refractivity contribution is 7.10. The molecule has 31 heavy (non-hydrogen) atoms. The van der Waals surface area contributed by atoms with E-state index < -0.39 is 17.6 Å². The first kappa shape index (κ1) is 20.5. The third-order valence-electron chi connectivity index (χ3n) is 4.24. The van der Waals surface area contributed by atoms with Crippen molar-refractivity contribution in [2.24, 2.45) is 0 Å². The van der Waals surface area contributed by atoms with Gasteiger partial charge in [0.25, 0.3) is 5.91 Å². The van der Waals surface area contributed by atoms with Crippen LogP contribution in [-0.2, 0) is 6.18 Å². The predicted octanol–water partition coefficient (Wildman–Crippen LogP) is 5.14. The highest BCUT2D eigenvalue weighted by atomic mass is 32.1. The van der Waals surface area contributed by atoms with Gasteiger partial charge in [-0.15, -0.1) is 0 Å². The lowest BCUT2D eigenvalue weighted by Gasteiger charge is -2.09. The van der Waals surface area contributed by atoms with Crippen LogP contribution in [-0.4, -0.2) is 27.5 Å². The van der Waals surface area contributed by atoms with Gasteiger partial charge in [-0.25, -0.2) is 0 Å². The van der Waals surface area contributed by atoms with E-state index in [2.05, 4.69) is 19.8 Å². The maximum atomic E-state index is 13.2. The van der Waals surface area contributed by atoms with Gasteiger partial charge in [0, 0.05) is 28.7 Å². The van der Waals surface area contributed by atoms with Crippen LogP contribution in [0.2, 0.25) is 0 Å². The molecule has 0 radical (unpaired) electrons. The molecule has 4 aromatic rings. The lowest BCUT2D eigenvalue weighted by Crippen LogP contribution is -2.12. The van der Waals surface area contributed by atoms with Crippen LogP contribution in [0.3, 0.4) is 0 Å². The number of methoxy groups -OCH3 is 1. The second kappa shape index (κ2) is 8.19. The maximum Gasteiger partial charge on any atom is 0.417 e. The molecule has 2 aromatic carbocycles. The zero-order chi connectivity index (χ0) is 22.0. The van der Waals surface area contributed by atoms with E-state index >= 15 is 0 Å². The SMILES string of the molecule is COc1ccc(-c2cc(C(=O)Nc3nc(-c4ccccc4C(F)(F)F)ns3)no2)cc1. The lowest BCUT2D eigenvalue weighted by molar-refractivity contribution is -0.137. The molecule has 0 atom stereocenters. The molecule has 0 aliphatic heterocycles. The fourth-order valence-electron chi connectivity index (χ4n) is 2.74. The first-order chi connectivity index (χ1) is 14.8. The van der Waals surface area contributed by atoms with Crippen LogP contribution in [0.1, 0.15) is 16.1 Å². The smallest absolute Gasteiger partial charge is 0.417 e. The maximum absolute atomic E-state index is 13.2. The van der Waals surface area contributed by atoms with Crippen LogP contribution in [0.5, 0.6) is 5.75 Å². The van der Waals surface area contributed by atoms with Crippen LogP contribution in [0.4, 0.5) is 18.3 Å². The van der Waals surface area contributed by atoms with Crippen molar-refractivity contribution in [3.05, 3.63) is 65.9 Å². The van der Waals surface area contributed by atoms with Crippen LogP contribution in [0, 0.1) is 0 Å². The number of alkyl halides is 3. The highest BCUT2D eigenvalue weighted by Gasteiger charge is 2.34. The zero-order valence-electron chi connectivity index (χ0n) is 15.8. The van der Waals surface area contributed by atoms with Crippen LogP contribution in [0.25, 0.3) is 22.7 Å². The van der Waals surface area contributed by atoms with Gasteiger partial charge in [0.05, 0.1) is 12.7 Å². The van der Waals surface area contributed by atoms with E-state index in [-0.39, 0.29) is 22.2 Å². The summed E-state index contributed by atoms with van der Waals surface area (Å²) in [6.07, 6.45) is -4.55. The van der Waals surface area contributed by atoms with Crippen molar-refractivity contribution in [1.29, 1.82) is 0 Å². The third kappa shape index (κ3) is 4.40. The monoisotopic (exact) mass is 446 g/mol. The van der Waals surface area contributed by atoms with Gasteiger partial charge in [0.2, 0.25) is 5.13 Å². The van der Waals surface area contributed by atoms with Gasteiger partial charge in [-0.1, -0.05) is 23.4 Å². The number of ether oxygens (including phenoxy) is 1. The Morgan fingerprint density at radius 2 is 1.87 bits per heavy atom. The van der Waals surface area contributed by atoms with E-state index in [1.54, 1.807) is 31.4 Å². The number of rotatable bonds is 5. The van der Waals surface area contributed by atoms with Crippen molar-refractivity contribution >= 4 is 22.6 Å². The van der Waals surface area contributed by atoms with Gasteiger partial charge < -0.3 is 9.26 Å². The first-order valence-electron chi connectivity index (χ1n) is 8.78. The molecule has 0 aliphatic rings. The Balaban J connectivity index is 1.51. The molecular weight excluding hydrogens is 433 g/mol. The number of hydrogen-bond acceptors (Lipinski definition) is 7. The molecule has 0 spiro atoms. The number of aromatic nitrogens is 3. The van der Waals surface area contributed by atoms with Crippen LogP contribution >= 0.6 is 11.5 Å². The van der Waals surface area contributed by atoms with Crippen molar-refractivity contribution in [3.8, 4) is 28.5 Å². The molecule has 4 rings (SSSR count). The Morgan fingerprint density at radius 1 is 1.13 bits per heavy atom. The Labute approximate surface area is 177 Å². The molecule has 11 heteroatoms. The van der Waals surface area contributed by atoms with Gasteiger partial charge in [-0.2, -0.15) is 22.5 Å². The summed E-state index contributed by atoms with van der Waals surface area (Å²) in [5, 5.41) is 6.24. The quantitative estimate of drug-likeness (QED) is 0.457. The topological polar surface area (TPSA) is 90.1 Å². The van der Waals surface area contributed by atoms with Gasteiger partial charge in [0.15, 0.2) is 17.3 Å². The molecule has 1 N–H and O–H groups in total. The molecule has 2 aromatic heterocycles. The van der Waals surface area contributed by atoms with Crippen LogP contribution < -0.4 is 10.1 Å². The average Bonchev–Trinajstić information content (AvgIpc) is 3.43. The average molecular weight is 446 g/mol. The van der Waals surface area contributed by atoms with Crippen molar-refractivity contribution < 1.29 is 27.2 Å². The number of nitrogens with one attached hydrogen (secondary N) is 1. The molecular formula is C20H13F3N4O3S. The standard InChI is InChI=1S/C20H13F3N4O3S/c1-29-12-8-6-11(7-9-12)16-10-15(26-30-16)18(28)25-19-24-17(27-31-19)13-4-2-3-5-14(13)20(21,22)23/h2-10H,1H3,(H,24,25,27,28). The molecule has 0 saturated heterocycles. The number of amides is 1. The Hall–Kier alpha value is -3.73. The Bertz CT molecular complexity index is 1220. The summed E-state index contributed by atoms with van der Waals surface area (Å²) in [6.45, 7) is 0. The van der Waals surface area contributed by atoms with Crippen molar-refractivity contribution in [2.45, 2.75) is 6.18 Å². The molecule has 0 aliphatic carbocycles. The lowest BCUT2D eigenvalue weighted by atomic mass is 10.1. The normalized spacial score (nSPS) is 11.4. The fraction of sp³-hybridized carbons (Fsp3) is 0.100. The molecule has 1 amide bonds. The Morgan fingerprint density at radius 3 is 2.58 bits per heavy atom. The van der Waals surface area contributed by atoms with E-state index in [0.717, 1.165) is 17.6 Å². The molecule has 0 fully saturated rings. The summed E-state index contributed by atoms with van der Waals surface area (Å²) in [5.41, 5.74) is -0.353. The number of halogens is 3. The second-order valence-corrected chi connectivity index (χ2v) is 6.98. The second-order valence-electron chi connectivity index (χ2n) is 6.23. The van der Waals surface area contributed by atoms with Crippen molar-refractivity contribution in [2.75, 3.05) is 12.4 Å². The molecule has 0 unspecified atom stereocenters. The van der Waals surface area contributed by atoms with E-state index in [1.807, 2.05) is 0 Å². The molecule has 0 bridgehead atoms. The van der Waals surface area contributed by atoms with E-state index in [4.69, 9.17) is 9.26 Å². The molecule has 7 nitrogen and oxygen atoms in total. The molecule has 158 valence electrons. The van der Waals surface area contributed by atoms with Crippen molar-refractivity contribution in [1.82, 2.24) is 14.5 Å². The fourth-order valence-corrected chi connectivity index (χ4v) is 3.32. The number of benzene rings is 2. The van der Waals surface area contributed by atoms with Gasteiger partial charge in [-0.05, 0) is 30.3 Å². The Kier molecular flexibility index (Phi) is 5.42. The number of carbonyl (C=O) groups is 1. The van der Waals surface area contributed by atoms with Gasteiger partial charge in [-0.3, -0.25) is 10.1 Å². The summed E-state index contributed by atoms with van der Waals surface area (Å²) in [4.78, 5) is 16.4. The minimum absolute atomic E-state index is 0.0155. The van der Waals surface area contributed by atoms with E-state index in [1.165, 1.54) is 24.3 Å². The first-order valence-corrected chi connectivity index (χ1v) is 9.55. The largest absolute Gasteiger partial charge is 0.497 e. The summed E-state index contributed by atoms with van der Waals surface area (Å²) in [7, 11) is 1.55. The summed E-state index contributed by atoms with van der Waals surface area (Å²) in [5.74, 6) is 0.271. The van der Waals surface area contributed by atoms with E-state index in [0.29, 0.717) is 17.1 Å². The number of anilines is 1. The van der Waals surface area contributed by atoms with E-state index in [9.17, 15) is 18.0 Å². The minimum Gasteiger partial charge on any atom is -0.497 e. The number of carbonyl (C=O) groups excluding carboxylic acids is 1.